The van der Waals surface area contributed by atoms with Gasteiger partial charge in [-0.2, -0.15) is 0 Å². The third-order valence-corrected chi connectivity index (χ3v) is 5.57. The van der Waals surface area contributed by atoms with Gasteiger partial charge in [-0.15, -0.1) is 0 Å². The molecule has 0 fully saturated rings. The summed E-state index contributed by atoms with van der Waals surface area (Å²) in [5, 5.41) is 9.47. The lowest BCUT2D eigenvalue weighted by molar-refractivity contribution is 0.0937. The van der Waals surface area contributed by atoms with Crippen molar-refractivity contribution in [3.63, 3.8) is 0 Å². The first-order valence-electron chi connectivity index (χ1n) is 10.8. The number of hydrogen-bond donors (Lipinski definition) is 3. The number of hydrogen-bond acceptors (Lipinski definition) is 6. The molecule has 0 spiro atoms. The Labute approximate surface area is 191 Å². The first-order valence-corrected chi connectivity index (χ1v) is 10.8. The van der Waals surface area contributed by atoms with Crippen LogP contribution in [0.2, 0.25) is 0 Å². The van der Waals surface area contributed by atoms with Crippen molar-refractivity contribution in [2.24, 2.45) is 0 Å². The fourth-order valence-electron chi connectivity index (χ4n) is 3.91. The summed E-state index contributed by atoms with van der Waals surface area (Å²) in [4.78, 5) is 16.7. The summed E-state index contributed by atoms with van der Waals surface area (Å²) in [5.41, 5.74) is 6.46. The van der Waals surface area contributed by atoms with Crippen LogP contribution >= 0.6 is 0 Å². The molecule has 168 valence electrons. The second kappa shape index (κ2) is 9.32. The molecule has 1 aliphatic heterocycles. The van der Waals surface area contributed by atoms with Crippen molar-refractivity contribution < 1.29 is 14.3 Å². The number of nitrogens with one attached hydrogen (secondary N) is 3. The number of fused-ring (bicyclic) bond motifs is 2. The van der Waals surface area contributed by atoms with E-state index in [0.29, 0.717) is 25.4 Å². The Hall–Kier alpha value is -3.88. The SMILES string of the molecule is COCCNC(=O)c1ccc(Nc2ccc(-c3ccc4c(c3)CNCO4)n3ccnc23)cc1. The maximum Gasteiger partial charge on any atom is 0.251 e. The number of ether oxygens (including phenoxy) is 2. The fraction of sp³-hybridized carbons (Fsp3) is 0.200. The number of rotatable bonds is 7. The maximum absolute atomic E-state index is 12.2. The lowest BCUT2D eigenvalue weighted by atomic mass is 10.1. The van der Waals surface area contributed by atoms with E-state index in [1.807, 2.05) is 30.5 Å². The van der Waals surface area contributed by atoms with Gasteiger partial charge in [0.25, 0.3) is 5.91 Å². The van der Waals surface area contributed by atoms with Gasteiger partial charge in [-0.25, -0.2) is 4.98 Å². The third-order valence-electron chi connectivity index (χ3n) is 5.57. The van der Waals surface area contributed by atoms with E-state index in [1.165, 1.54) is 0 Å². The molecule has 0 bridgehead atoms. The molecule has 0 atom stereocenters. The van der Waals surface area contributed by atoms with Crippen molar-refractivity contribution in [1.82, 2.24) is 20.0 Å². The quantitative estimate of drug-likeness (QED) is 0.379. The van der Waals surface area contributed by atoms with Gasteiger partial charge in [-0.05, 0) is 60.2 Å². The second-order valence-electron chi connectivity index (χ2n) is 7.74. The van der Waals surface area contributed by atoms with Gasteiger partial charge in [0.1, 0.15) is 12.5 Å². The Morgan fingerprint density at radius 1 is 1.18 bits per heavy atom. The summed E-state index contributed by atoms with van der Waals surface area (Å²) in [5.74, 6) is 0.803. The smallest absolute Gasteiger partial charge is 0.251 e. The van der Waals surface area contributed by atoms with E-state index in [9.17, 15) is 4.79 Å². The van der Waals surface area contributed by atoms with Crippen LogP contribution in [-0.4, -0.2) is 42.3 Å². The molecule has 0 saturated carbocycles. The molecular weight excluding hydrogens is 418 g/mol. The highest BCUT2D eigenvalue weighted by molar-refractivity contribution is 5.94. The van der Waals surface area contributed by atoms with Gasteiger partial charge in [-0.3, -0.25) is 14.5 Å². The average molecular weight is 444 g/mol. The number of benzene rings is 2. The van der Waals surface area contributed by atoms with Crippen molar-refractivity contribution in [3.8, 4) is 17.0 Å². The van der Waals surface area contributed by atoms with E-state index < -0.39 is 0 Å². The average Bonchev–Trinajstić information content (AvgIpc) is 3.35. The summed E-state index contributed by atoms with van der Waals surface area (Å²) in [7, 11) is 1.61. The molecule has 33 heavy (non-hydrogen) atoms. The van der Waals surface area contributed by atoms with Crippen LogP contribution in [0.15, 0.2) is 67.0 Å². The minimum Gasteiger partial charge on any atom is -0.478 e. The number of anilines is 2. The van der Waals surface area contributed by atoms with Crippen LogP contribution in [0.5, 0.6) is 5.75 Å². The Morgan fingerprint density at radius 3 is 2.91 bits per heavy atom. The Morgan fingerprint density at radius 2 is 2.06 bits per heavy atom. The minimum atomic E-state index is -0.121. The molecule has 0 unspecified atom stereocenters. The molecule has 2 aromatic heterocycles. The number of amides is 1. The summed E-state index contributed by atoms with van der Waals surface area (Å²) in [6.07, 6.45) is 3.75. The minimum absolute atomic E-state index is 0.121. The number of pyridine rings is 1. The molecule has 5 rings (SSSR count). The second-order valence-corrected chi connectivity index (χ2v) is 7.74. The number of nitrogens with zero attached hydrogens (tertiary/aromatic N) is 2. The van der Waals surface area contributed by atoms with Gasteiger partial charge < -0.3 is 20.1 Å². The lowest BCUT2D eigenvalue weighted by Gasteiger charge is -2.19. The Balaban J connectivity index is 1.37. The molecule has 1 aliphatic rings. The summed E-state index contributed by atoms with van der Waals surface area (Å²) < 4.78 is 12.7. The molecule has 3 N–H and O–H groups in total. The molecule has 4 aromatic rings. The van der Waals surface area contributed by atoms with Gasteiger partial charge in [0, 0.05) is 49.4 Å². The van der Waals surface area contributed by atoms with Crippen LogP contribution in [-0.2, 0) is 11.3 Å². The van der Waals surface area contributed by atoms with Crippen LogP contribution in [0.25, 0.3) is 16.9 Å². The van der Waals surface area contributed by atoms with Crippen LogP contribution in [0.3, 0.4) is 0 Å². The topological polar surface area (TPSA) is 88.9 Å². The number of methoxy groups -OCH3 is 1. The predicted molar refractivity (Wildman–Crippen MR) is 127 cm³/mol. The van der Waals surface area contributed by atoms with Crippen LogP contribution in [0.1, 0.15) is 15.9 Å². The van der Waals surface area contributed by atoms with E-state index in [1.54, 1.807) is 25.4 Å². The van der Waals surface area contributed by atoms with E-state index in [0.717, 1.165) is 46.1 Å². The number of imidazole rings is 1. The van der Waals surface area contributed by atoms with Gasteiger partial charge in [-0.1, -0.05) is 0 Å². The molecule has 2 aromatic carbocycles. The van der Waals surface area contributed by atoms with Crippen molar-refractivity contribution in [2.75, 3.05) is 32.3 Å². The first-order chi connectivity index (χ1) is 16.2. The third kappa shape index (κ3) is 4.39. The van der Waals surface area contributed by atoms with Crippen molar-refractivity contribution in [2.45, 2.75) is 6.54 Å². The van der Waals surface area contributed by atoms with Crippen LogP contribution in [0, 0.1) is 0 Å². The van der Waals surface area contributed by atoms with Crippen molar-refractivity contribution in [3.05, 3.63) is 78.1 Å². The Kier molecular flexibility index (Phi) is 5.93. The standard InChI is InChI=1S/C25H25N5O3/c1-32-13-11-28-25(31)17-2-5-20(6-3-17)29-21-7-8-22(30-12-10-27-24(21)30)18-4-9-23-19(14-18)15-26-16-33-23/h2-10,12,14,26,29H,11,13,15-16H2,1H3,(H,28,31). The Bertz CT molecular complexity index is 1280. The van der Waals surface area contributed by atoms with Crippen LogP contribution in [0.4, 0.5) is 11.4 Å². The highest BCUT2D eigenvalue weighted by atomic mass is 16.5. The van der Waals surface area contributed by atoms with Gasteiger partial charge >= 0.3 is 0 Å². The zero-order chi connectivity index (χ0) is 22.6. The van der Waals surface area contributed by atoms with Crippen molar-refractivity contribution >= 4 is 22.9 Å². The summed E-state index contributed by atoms with van der Waals surface area (Å²) in [6, 6.07) is 17.7. The normalized spacial score (nSPS) is 12.8. The largest absolute Gasteiger partial charge is 0.478 e. The summed E-state index contributed by atoms with van der Waals surface area (Å²) in [6.45, 7) is 2.29. The molecule has 1 amide bonds. The van der Waals surface area contributed by atoms with E-state index in [-0.39, 0.29) is 5.91 Å². The highest BCUT2D eigenvalue weighted by Gasteiger charge is 2.14. The number of carbonyl (C=O) groups is 1. The molecule has 0 aliphatic carbocycles. The maximum atomic E-state index is 12.2. The molecule has 3 heterocycles. The number of aromatic nitrogens is 2. The molecule has 8 heteroatoms. The van der Waals surface area contributed by atoms with Gasteiger partial charge in [0.15, 0.2) is 5.65 Å². The highest BCUT2D eigenvalue weighted by Crippen LogP contribution is 2.31. The predicted octanol–water partition coefficient (Wildman–Crippen LogP) is 3.56. The van der Waals surface area contributed by atoms with Gasteiger partial charge in [0.2, 0.25) is 0 Å². The zero-order valence-electron chi connectivity index (χ0n) is 18.3. The van der Waals surface area contributed by atoms with E-state index in [4.69, 9.17) is 9.47 Å². The molecule has 0 saturated heterocycles. The first kappa shape index (κ1) is 21.0. The molecular formula is C25H25N5O3. The van der Waals surface area contributed by atoms with Crippen LogP contribution < -0.4 is 20.7 Å². The van der Waals surface area contributed by atoms with E-state index in [2.05, 4.69) is 43.5 Å². The van der Waals surface area contributed by atoms with E-state index >= 15 is 0 Å². The monoisotopic (exact) mass is 443 g/mol. The summed E-state index contributed by atoms with van der Waals surface area (Å²) >= 11 is 0. The van der Waals surface area contributed by atoms with Crippen molar-refractivity contribution in [1.29, 1.82) is 0 Å². The zero-order valence-corrected chi connectivity index (χ0v) is 18.3. The number of carbonyl (C=O) groups excluding carboxylic acids is 1. The lowest BCUT2D eigenvalue weighted by Crippen LogP contribution is -2.26. The van der Waals surface area contributed by atoms with Gasteiger partial charge in [0.05, 0.1) is 18.0 Å². The molecule has 0 radical (unpaired) electrons. The fourth-order valence-corrected chi connectivity index (χ4v) is 3.91. The molecule has 8 nitrogen and oxygen atoms in total.